The molecule has 1 saturated heterocycles. The van der Waals surface area contributed by atoms with E-state index in [1.165, 1.54) is 28.6 Å². The summed E-state index contributed by atoms with van der Waals surface area (Å²) in [6.45, 7) is 1.06. The molecule has 4 rings (SSSR count). The second kappa shape index (κ2) is 14.0. The molecule has 0 spiro atoms. The Morgan fingerprint density at radius 1 is 0.881 bits per heavy atom. The van der Waals surface area contributed by atoms with Crippen molar-refractivity contribution in [3.05, 3.63) is 101 Å². The van der Waals surface area contributed by atoms with Gasteiger partial charge in [0, 0.05) is 31.3 Å². The van der Waals surface area contributed by atoms with Gasteiger partial charge in [-0.05, 0) is 66.8 Å². The minimum atomic E-state index is -3.69. The first-order valence-corrected chi connectivity index (χ1v) is 15.0. The van der Waals surface area contributed by atoms with Crippen LogP contribution >= 0.6 is 0 Å². The van der Waals surface area contributed by atoms with Gasteiger partial charge in [-0.3, -0.25) is 9.59 Å². The fourth-order valence-electron chi connectivity index (χ4n) is 4.79. The number of carbonyl (C=O) groups excluding carboxylic acids is 2. The molecule has 12 heteroatoms. The van der Waals surface area contributed by atoms with Crippen molar-refractivity contribution in [3.8, 4) is 0 Å². The fraction of sp³-hybridized carbons (Fsp3) is 0.333. The smallest absolute Gasteiger partial charge is 0.251 e. The highest BCUT2D eigenvalue weighted by Gasteiger charge is 2.31. The van der Waals surface area contributed by atoms with Gasteiger partial charge in [-0.2, -0.15) is 4.31 Å². The van der Waals surface area contributed by atoms with Crippen molar-refractivity contribution in [1.29, 1.82) is 0 Å². The number of nitrogens with zero attached hydrogens (tertiary/aromatic N) is 1. The molecular weight excluding hydrogens is 568 g/mol. The number of nitrogens with one attached hydrogen (secondary N) is 2. The maximum atomic E-state index is 13.9. The van der Waals surface area contributed by atoms with E-state index in [0.717, 1.165) is 30.5 Å². The summed E-state index contributed by atoms with van der Waals surface area (Å²) in [7, 11) is -3.69. The van der Waals surface area contributed by atoms with Gasteiger partial charge in [-0.25, -0.2) is 17.2 Å². The molecule has 3 aromatic carbocycles. The molecule has 4 N–H and O–H groups in total. The third-order valence-electron chi connectivity index (χ3n) is 7.05. The molecule has 0 aromatic heterocycles. The minimum Gasteiger partial charge on any atom is -0.390 e. The van der Waals surface area contributed by atoms with Crippen LogP contribution in [0, 0.1) is 11.6 Å². The monoisotopic (exact) mass is 601 g/mol. The first kappa shape index (κ1) is 31.2. The van der Waals surface area contributed by atoms with Crippen LogP contribution in [0.5, 0.6) is 0 Å². The largest absolute Gasteiger partial charge is 0.390 e. The number of rotatable bonds is 12. The summed E-state index contributed by atoms with van der Waals surface area (Å²) >= 11 is 0. The Hall–Kier alpha value is -3.71. The Bertz CT molecular complexity index is 1460. The summed E-state index contributed by atoms with van der Waals surface area (Å²) in [6.07, 6.45) is -2.54. The molecule has 1 heterocycles. The van der Waals surface area contributed by atoms with E-state index in [1.807, 2.05) is 30.3 Å². The van der Waals surface area contributed by atoms with Gasteiger partial charge in [0.25, 0.3) is 5.91 Å². The van der Waals surface area contributed by atoms with Crippen LogP contribution in [0.4, 0.5) is 8.78 Å². The quantitative estimate of drug-likeness (QED) is 0.252. The third-order valence-corrected chi connectivity index (χ3v) is 8.96. The van der Waals surface area contributed by atoms with Gasteiger partial charge in [-0.1, -0.05) is 30.3 Å². The van der Waals surface area contributed by atoms with Crippen LogP contribution in [-0.2, 0) is 27.8 Å². The molecule has 1 aliphatic heterocycles. The molecule has 0 radical (unpaired) electrons. The van der Waals surface area contributed by atoms with E-state index in [1.54, 1.807) is 0 Å². The van der Waals surface area contributed by atoms with E-state index in [4.69, 9.17) is 0 Å². The van der Waals surface area contributed by atoms with E-state index in [0.29, 0.717) is 19.2 Å². The van der Waals surface area contributed by atoms with Crippen molar-refractivity contribution in [2.75, 3.05) is 13.1 Å². The number of halogens is 2. The van der Waals surface area contributed by atoms with E-state index < -0.39 is 58.1 Å². The second-order valence-electron chi connectivity index (χ2n) is 10.2. The highest BCUT2D eigenvalue weighted by Crippen LogP contribution is 2.21. The average molecular weight is 602 g/mol. The van der Waals surface area contributed by atoms with Crippen molar-refractivity contribution in [2.24, 2.45) is 0 Å². The zero-order valence-electron chi connectivity index (χ0n) is 22.7. The molecule has 0 aliphatic carbocycles. The predicted octanol–water partition coefficient (Wildman–Crippen LogP) is 2.52. The van der Waals surface area contributed by atoms with E-state index >= 15 is 0 Å². The first-order chi connectivity index (χ1) is 20.0. The van der Waals surface area contributed by atoms with Gasteiger partial charge >= 0.3 is 0 Å². The number of sulfonamides is 1. The van der Waals surface area contributed by atoms with Crippen LogP contribution in [0.2, 0.25) is 0 Å². The lowest BCUT2D eigenvalue weighted by molar-refractivity contribution is -0.125. The summed E-state index contributed by atoms with van der Waals surface area (Å²) in [5.74, 6) is -3.00. The number of aliphatic hydroxyl groups is 2. The second-order valence-corrected chi connectivity index (χ2v) is 12.2. The molecule has 0 bridgehead atoms. The summed E-state index contributed by atoms with van der Waals surface area (Å²) < 4.78 is 54.7. The SMILES string of the molecule is O=C(C[C@@H](O)[C@H](O)[C@H](Cc1cc(F)cc(F)c1)NC(=O)c1ccc(S(=O)(=O)N2CCCC2)cc1)NCc1ccccc1. The van der Waals surface area contributed by atoms with Crippen LogP contribution in [0.25, 0.3) is 0 Å². The Balaban J connectivity index is 1.46. The number of hydrogen-bond acceptors (Lipinski definition) is 6. The van der Waals surface area contributed by atoms with E-state index in [2.05, 4.69) is 10.6 Å². The van der Waals surface area contributed by atoms with E-state index in [9.17, 15) is 37.0 Å². The van der Waals surface area contributed by atoms with Gasteiger partial charge in [0.2, 0.25) is 15.9 Å². The van der Waals surface area contributed by atoms with Gasteiger partial charge < -0.3 is 20.8 Å². The maximum absolute atomic E-state index is 13.9. The van der Waals surface area contributed by atoms with Crippen LogP contribution < -0.4 is 10.6 Å². The van der Waals surface area contributed by atoms with Crippen molar-refractivity contribution >= 4 is 21.8 Å². The molecule has 1 aliphatic rings. The Morgan fingerprint density at radius 3 is 2.12 bits per heavy atom. The summed E-state index contributed by atoms with van der Waals surface area (Å²) in [5, 5.41) is 26.8. The molecule has 9 nitrogen and oxygen atoms in total. The summed E-state index contributed by atoms with van der Waals surface area (Å²) in [4.78, 5) is 25.6. The molecule has 3 atom stereocenters. The Morgan fingerprint density at radius 2 is 1.50 bits per heavy atom. The van der Waals surface area contributed by atoms with E-state index in [-0.39, 0.29) is 29.0 Å². The highest BCUT2D eigenvalue weighted by molar-refractivity contribution is 7.89. The van der Waals surface area contributed by atoms with Crippen LogP contribution in [0.15, 0.2) is 77.7 Å². The number of hydrogen-bond donors (Lipinski definition) is 4. The van der Waals surface area contributed by atoms with Crippen molar-refractivity contribution in [1.82, 2.24) is 14.9 Å². The Labute approximate surface area is 243 Å². The molecule has 3 aromatic rings. The van der Waals surface area contributed by atoms with Crippen molar-refractivity contribution in [2.45, 2.75) is 55.4 Å². The number of carbonyl (C=O) groups is 2. The molecule has 42 heavy (non-hydrogen) atoms. The Kier molecular flexibility index (Phi) is 10.4. The molecular formula is C30H33F2N3O6S. The van der Waals surface area contributed by atoms with Crippen molar-refractivity contribution < 1.29 is 37.0 Å². The molecule has 0 unspecified atom stereocenters. The fourth-order valence-corrected chi connectivity index (χ4v) is 6.31. The average Bonchev–Trinajstić information content (AvgIpc) is 3.52. The topological polar surface area (TPSA) is 136 Å². The van der Waals surface area contributed by atoms with Crippen LogP contribution in [0.1, 0.15) is 40.7 Å². The normalized spacial score (nSPS) is 16.0. The highest BCUT2D eigenvalue weighted by atomic mass is 32.2. The first-order valence-electron chi connectivity index (χ1n) is 13.6. The molecule has 0 saturated carbocycles. The summed E-state index contributed by atoms with van der Waals surface area (Å²) in [6, 6.07) is 15.8. The van der Waals surface area contributed by atoms with Crippen LogP contribution in [-0.4, -0.2) is 66.1 Å². The van der Waals surface area contributed by atoms with Gasteiger partial charge in [0.15, 0.2) is 0 Å². The maximum Gasteiger partial charge on any atom is 0.251 e. The lowest BCUT2D eigenvalue weighted by Gasteiger charge is -2.28. The molecule has 224 valence electrons. The third kappa shape index (κ3) is 8.19. The number of amides is 2. The zero-order valence-corrected chi connectivity index (χ0v) is 23.6. The van der Waals surface area contributed by atoms with Gasteiger partial charge in [-0.15, -0.1) is 0 Å². The lowest BCUT2D eigenvalue weighted by Crippen LogP contribution is -2.50. The summed E-state index contributed by atoms with van der Waals surface area (Å²) in [5.41, 5.74) is 0.996. The van der Waals surface area contributed by atoms with Gasteiger partial charge in [0.1, 0.15) is 17.7 Å². The number of benzene rings is 3. The van der Waals surface area contributed by atoms with Crippen molar-refractivity contribution in [3.63, 3.8) is 0 Å². The van der Waals surface area contributed by atoms with Gasteiger partial charge in [0.05, 0.1) is 23.5 Å². The molecule has 2 amide bonds. The predicted molar refractivity (Wildman–Crippen MR) is 151 cm³/mol. The van der Waals surface area contributed by atoms with Crippen LogP contribution in [0.3, 0.4) is 0 Å². The zero-order chi connectivity index (χ0) is 30.3. The standard InChI is InChI=1S/C30H33F2N3O6S/c31-23-14-21(15-24(32)17-23)16-26(29(38)27(36)18-28(37)33-19-20-6-2-1-3-7-20)34-30(39)22-8-10-25(11-9-22)42(40,41)35-12-4-5-13-35/h1-3,6-11,14-15,17,26-27,29,36,38H,4-5,12-13,16,18-19H2,(H,33,37)(H,34,39)/t26-,27+,29+/m0/s1. The lowest BCUT2D eigenvalue weighted by atomic mass is 9.95. The molecule has 1 fully saturated rings. The number of aliphatic hydroxyl groups excluding tert-OH is 2. The minimum absolute atomic E-state index is 0.0321.